The lowest BCUT2D eigenvalue weighted by molar-refractivity contribution is 0.0942. The van der Waals surface area contributed by atoms with Gasteiger partial charge >= 0.3 is 12.1 Å². The number of carbonyl (C=O) groups excluding carboxylic acids is 2. The first-order valence-electron chi connectivity index (χ1n) is 9.51. The molecule has 2 N–H and O–H groups in total. The van der Waals surface area contributed by atoms with Gasteiger partial charge in [-0.3, -0.25) is 4.79 Å². The van der Waals surface area contributed by atoms with Crippen molar-refractivity contribution in [3.05, 3.63) is 30.2 Å². The Kier molecular flexibility index (Phi) is 7.54. The summed E-state index contributed by atoms with van der Waals surface area (Å²) in [5, 5.41) is 12.0. The summed E-state index contributed by atoms with van der Waals surface area (Å²) in [4.78, 5) is 41.0. The van der Waals surface area contributed by atoms with Crippen molar-refractivity contribution in [1.82, 2.24) is 15.2 Å². The van der Waals surface area contributed by atoms with E-state index >= 15 is 0 Å². The molecule has 1 aromatic carbocycles. The Morgan fingerprint density at radius 1 is 1.21 bits per heavy atom. The zero-order valence-electron chi connectivity index (χ0n) is 16.5. The van der Waals surface area contributed by atoms with Crippen LogP contribution in [0.3, 0.4) is 0 Å². The van der Waals surface area contributed by atoms with E-state index in [9.17, 15) is 19.5 Å². The van der Waals surface area contributed by atoms with Crippen LogP contribution in [0.25, 0.3) is 11.1 Å². The number of nitrogens with zero attached hydrogens (tertiary/aromatic N) is 2. The molecule has 1 unspecified atom stereocenters. The third-order valence-corrected chi connectivity index (χ3v) is 4.48. The summed E-state index contributed by atoms with van der Waals surface area (Å²) >= 11 is 0. The fraction of sp³-hybridized carbons (Fsp3) is 0.500. The lowest BCUT2D eigenvalue weighted by atomic mass is 10.1. The highest BCUT2D eigenvalue weighted by molar-refractivity contribution is 5.94. The van der Waals surface area contributed by atoms with Crippen LogP contribution < -0.4 is 5.32 Å². The smallest absolute Gasteiger partial charge is 0.415 e. The number of nitrogens with one attached hydrogen (secondary N) is 1. The number of para-hydroxylation sites is 2. The maximum Gasteiger partial charge on any atom is 0.415 e. The molecule has 0 bridgehead atoms. The molecule has 2 aromatic rings. The molecule has 28 heavy (non-hydrogen) atoms. The quantitative estimate of drug-likeness (QED) is 0.618. The van der Waals surface area contributed by atoms with E-state index in [1.54, 1.807) is 18.2 Å². The molecule has 8 heteroatoms. The van der Waals surface area contributed by atoms with Crippen LogP contribution in [0.5, 0.6) is 0 Å². The number of amides is 3. The monoisotopic (exact) mass is 389 g/mol. The summed E-state index contributed by atoms with van der Waals surface area (Å²) in [6.07, 6.45) is 0.398. The maximum atomic E-state index is 12.4. The topological polar surface area (TPSA) is 113 Å². The van der Waals surface area contributed by atoms with E-state index in [1.165, 1.54) is 0 Å². The highest BCUT2D eigenvalue weighted by Crippen LogP contribution is 2.17. The van der Waals surface area contributed by atoms with Crippen molar-refractivity contribution in [3.8, 4) is 0 Å². The van der Waals surface area contributed by atoms with Crippen LogP contribution in [-0.4, -0.2) is 45.5 Å². The fourth-order valence-corrected chi connectivity index (χ4v) is 2.71. The van der Waals surface area contributed by atoms with Crippen molar-refractivity contribution in [1.29, 1.82) is 0 Å². The van der Waals surface area contributed by atoms with Gasteiger partial charge in [-0.05, 0) is 37.3 Å². The van der Waals surface area contributed by atoms with E-state index in [2.05, 4.69) is 10.3 Å². The van der Waals surface area contributed by atoms with Crippen molar-refractivity contribution in [2.24, 2.45) is 5.92 Å². The van der Waals surface area contributed by atoms with E-state index in [-0.39, 0.29) is 36.6 Å². The van der Waals surface area contributed by atoms with Gasteiger partial charge in [-0.1, -0.05) is 32.9 Å². The summed E-state index contributed by atoms with van der Waals surface area (Å²) in [7, 11) is 0. The first-order valence-corrected chi connectivity index (χ1v) is 9.51. The van der Waals surface area contributed by atoms with Crippen LogP contribution in [0.15, 0.2) is 28.7 Å². The summed E-state index contributed by atoms with van der Waals surface area (Å²) < 4.78 is 5.47. The van der Waals surface area contributed by atoms with Crippen LogP contribution in [0.2, 0.25) is 0 Å². The number of aromatic nitrogens is 1. The molecule has 1 atom stereocenters. The Bertz CT molecular complexity index is 797. The molecule has 0 radical (unpaired) electrons. The summed E-state index contributed by atoms with van der Waals surface area (Å²) in [6, 6.07) is 6.15. The predicted molar refractivity (Wildman–Crippen MR) is 104 cm³/mol. The van der Waals surface area contributed by atoms with Crippen molar-refractivity contribution in [3.63, 3.8) is 0 Å². The Balaban J connectivity index is 1.92. The normalized spacial score (nSPS) is 12.1. The van der Waals surface area contributed by atoms with Crippen molar-refractivity contribution < 1.29 is 23.9 Å². The number of ketones is 1. The first-order chi connectivity index (χ1) is 13.3. The number of imide groups is 1. The largest absolute Gasteiger partial charge is 0.465 e. The van der Waals surface area contributed by atoms with Gasteiger partial charge in [0.05, 0.1) is 0 Å². The molecule has 0 saturated carbocycles. The average molecular weight is 389 g/mol. The van der Waals surface area contributed by atoms with Crippen molar-refractivity contribution in [2.75, 3.05) is 6.54 Å². The number of carbonyl (C=O) groups is 3. The van der Waals surface area contributed by atoms with Crippen LogP contribution in [-0.2, 0) is 0 Å². The molecule has 0 aliphatic carbocycles. The second-order valence-electron chi connectivity index (χ2n) is 7.12. The van der Waals surface area contributed by atoms with E-state index in [4.69, 9.17) is 4.42 Å². The zero-order valence-corrected chi connectivity index (χ0v) is 16.5. The van der Waals surface area contributed by atoms with Crippen LogP contribution in [0.1, 0.15) is 57.1 Å². The number of oxazole rings is 1. The predicted octanol–water partition coefficient (Wildman–Crippen LogP) is 4.31. The van der Waals surface area contributed by atoms with Crippen molar-refractivity contribution in [2.45, 2.75) is 52.5 Å². The van der Waals surface area contributed by atoms with Crippen molar-refractivity contribution >= 4 is 29.0 Å². The van der Waals surface area contributed by atoms with E-state index in [0.29, 0.717) is 30.4 Å². The van der Waals surface area contributed by atoms with Gasteiger partial charge in [-0.25, -0.2) is 19.5 Å². The number of Topliss-reactive ketones (excluding diaryl/α,β-unsaturated/α-hetero) is 1. The van der Waals surface area contributed by atoms with Gasteiger partial charge in [-0.15, -0.1) is 0 Å². The molecule has 1 heterocycles. The van der Waals surface area contributed by atoms with Gasteiger partial charge in [0.2, 0.25) is 5.78 Å². The van der Waals surface area contributed by atoms with E-state index in [1.807, 2.05) is 26.8 Å². The number of benzene rings is 1. The van der Waals surface area contributed by atoms with E-state index in [0.717, 1.165) is 4.90 Å². The minimum absolute atomic E-state index is 0.0477. The molecule has 0 fully saturated rings. The van der Waals surface area contributed by atoms with Gasteiger partial charge in [0, 0.05) is 19.0 Å². The number of hydrogen-bond acceptors (Lipinski definition) is 5. The van der Waals surface area contributed by atoms with Crippen LogP contribution in [0.4, 0.5) is 9.59 Å². The van der Waals surface area contributed by atoms with Gasteiger partial charge < -0.3 is 14.8 Å². The minimum atomic E-state index is -1.28. The molecule has 152 valence electrons. The summed E-state index contributed by atoms with van der Waals surface area (Å²) in [5.41, 5.74) is 1.17. The molecule has 0 spiro atoms. The lowest BCUT2D eigenvalue weighted by Crippen LogP contribution is -2.47. The van der Waals surface area contributed by atoms with Gasteiger partial charge in [0.25, 0.3) is 5.89 Å². The first kappa shape index (κ1) is 21.4. The Labute approximate surface area is 163 Å². The second kappa shape index (κ2) is 9.87. The van der Waals surface area contributed by atoms with Gasteiger partial charge in [0.15, 0.2) is 5.58 Å². The molecule has 1 aromatic heterocycles. The number of urea groups is 1. The number of fused-ring (bicyclic) bond motifs is 1. The summed E-state index contributed by atoms with van der Waals surface area (Å²) in [5.74, 6) is 0.0795. The Morgan fingerprint density at radius 3 is 2.54 bits per heavy atom. The second-order valence-corrected chi connectivity index (χ2v) is 7.12. The summed E-state index contributed by atoms with van der Waals surface area (Å²) in [6.45, 7) is 5.93. The molecule has 0 aliphatic rings. The van der Waals surface area contributed by atoms with Gasteiger partial charge in [0.1, 0.15) is 5.52 Å². The highest BCUT2D eigenvalue weighted by atomic mass is 16.4. The van der Waals surface area contributed by atoms with E-state index < -0.39 is 12.1 Å². The molecule has 0 saturated heterocycles. The molecule has 8 nitrogen and oxygen atoms in total. The average Bonchev–Trinajstić information content (AvgIpc) is 3.08. The molecular formula is C20H27N3O5. The molecule has 3 amide bonds. The number of rotatable bonds is 9. The van der Waals surface area contributed by atoms with Crippen LogP contribution in [0, 0.1) is 5.92 Å². The molecular weight excluding hydrogens is 362 g/mol. The SMILES string of the molecule is CCC(CCC(=O)c1nc2ccccc2o1)NC(=O)N(CCC(C)C)C(=O)O. The molecule has 0 aliphatic heterocycles. The van der Waals surface area contributed by atoms with Crippen LogP contribution >= 0.6 is 0 Å². The third-order valence-electron chi connectivity index (χ3n) is 4.48. The molecule has 2 rings (SSSR count). The highest BCUT2D eigenvalue weighted by Gasteiger charge is 2.24. The third kappa shape index (κ3) is 5.80. The standard InChI is InChI=1S/C20H27N3O5/c1-4-14(21-19(25)23(20(26)27)12-11-13(2)3)9-10-16(24)18-22-15-7-5-6-8-17(15)28-18/h5-8,13-14H,4,9-12H2,1-3H3,(H,21,25)(H,26,27). The fourth-order valence-electron chi connectivity index (χ4n) is 2.71. The number of carboxylic acid groups (broad SMARTS) is 1. The van der Waals surface area contributed by atoms with Gasteiger partial charge in [-0.2, -0.15) is 0 Å². The number of hydrogen-bond donors (Lipinski definition) is 2. The minimum Gasteiger partial charge on any atom is -0.465 e. The maximum absolute atomic E-state index is 12.4. The Hall–Kier alpha value is -2.90. The zero-order chi connectivity index (χ0) is 20.7. The lowest BCUT2D eigenvalue weighted by Gasteiger charge is -2.23. The Morgan fingerprint density at radius 2 is 1.93 bits per heavy atom.